The third-order valence-corrected chi connectivity index (χ3v) is 14.0. The number of rotatable bonds is 8. The number of sulfonamides is 1. The zero-order valence-electron chi connectivity index (χ0n) is 32.4. The summed E-state index contributed by atoms with van der Waals surface area (Å²) >= 11 is 0. The van der Waals surface area contributed by atoms with Gasteiger partial charge in [-0.15, -0.1) is 0 Å². The number of alkyl halides is 2. The summed E-state index contributed by atoms with van der Waals surface area (Å²) in [5.41, 5.74) is -1.85. The summed E-state index contributed by atoms with van der Waals surface area (Å²) in [7, 11) is -4.13. The van der Waals surface area contributed by atoms with Crippen molar-refractivity contribution < 1.29 is 45.9 Å². The number of aromatic nitrogens is 1. The lowest BCUT2D eigenvalue weighted by Crippen LogP contribution is -2.68. The van der Waals surface area contributed by atoms with Crippen molar-refractivity contribution in [1.29, 1.82) is 0 Å². The quantitative estimate of drug-likeness (QED) is 0.244. The van der Waals surface area contributed by atoms with Crippen LogP contribution in [0.2, 0.25) is 0 Å². The monoisotopic (exact) mass is 809 g/mol. The summed E-state index contributed by atoms with van der Waals surface area (Å²) < 4.78 is 70.3. The Kier molecular flexibility index (Phi) is 11.0. The Hall–Kier alpha value is -4.78. The molecule has 57 heavy (non-hydrogen) atoms. The predicted molar refractivity (Wildman–Crippen MR) is 205 cm³/mol. The van der Waals surface area contributed by atoms with E-state index < -0.39 is 74.2 Å². The van der Waals surface area contributed by atoms with E-state index in [2.05, 4.69) is 32.2 Å². The average Bonchev–Trinajstić information content (AvgIpc) is 3.48. The van der Waals surface area contributed by atoms with Crippen molar-refractivity contribution >= 4 is 44.7 Å². The van der Waals surface area contributed by atoms with Crippen molar-refractivity contribution in [2.45, 2.75) is 138 Å². The highest BCUT2D eigenvalue weighted by Crippen LogP contribution is 2.44. The second-order valence-corrected chi connectivity index (χ2v) is 18.5. The van der Waals surface area contributed by atoms with Crippen LogP contribution in [0.3, 0.4) is 0 Å². The number of benzene rings is 1. The van der Waals surface area contributed by atoms with Gasteiger partial charge in [-0.05, 0) is 77.7 Å². The SMILES string of the molecule is Cc1nc2ccccc2c(C(C)(F)F)c1OC1CC2C(=O)NC3(C(=O)NS(=O)(=O)C4(C)CC4)C#CC3C=CCCCCCC(NC(=O)OC3CCCC3)C(=O)N2C1. The number of carbonyl (C=O) groups excluding carboxylic acids is 4. The Morgan fingerprint density at radius 3 is 2.46 bits per heavy atom. The van der Waals surface area contributed by atoms with Crippen LogP contribution in [0.15, 0.2) is 36.4 Å². The standard InChI is InChI=1S/C41H49F2N5O8S/c1-25-34(33(40(3,42)43)29-16-11-12-17-30(29)44-25)55-28-23-32-35(49)46-41(37(51)47-57(53,54)39(2)21-22-39)20-19-26(41)13-7-5-4-6-8-18-31(36(50)48(32)24-28)45-38(52)56-27-14-9-10-15-27/h7,11-13,16-17,26-28,31-32H,4-6,8-10,14-15,18,21-24H2,1-3H3,(H,45,52)(H,46,49)(H,47,51). The van der Waals surface area contributed by atoms with Crippen LogP contribution in [0, 0.1) is 24.7 Å². The smallest absolute Gasteiger partial charge is 0.408 e. The first kappa shape index (κ1) is 40.4. The van der Waals surface area contributed by atoms with Gasteiger partial charge in [0.2, 0.25) is 21.8 Å². The number of pyridine rings is 1. The van der Waals surface area contributed by atoms with Crippen LogP contribution in [-0.4, -0.2) is 83.2 Å². The molecular weight excluding hydrogens is 761 g/mol. The fourth-order valence-corrected chi connectivity index (χ4v) is 9.45. The average molecular weight is 810 g/mol. The van der Waals surface area contributed by atoms with E-state index in [4.69, 9.17) is 9.47 Å². The van der Waals surface area contributed by atoms with Crippen LogP contribution in [0.4, 0.5) is 13.6 Å². The van der Waals surface area contributed by atoms with E-state index in [1.165, 1.54) is 17.9 Å². The van der Waals surface area contributed by atoms with Crippen LogP contribution in [0.1, 0.15) is 102 Å². The van der Waals surface area contributed by atoms with Gasteiger partial charge in [-0.1, -0.05) is 55.0 Å². The molecule has 5 aliphatic rings. The molecule has 16 heteroatoms. The van der Waals surface area contributed by atoms with Crippen LogP contribution < -0.4 is 20.1 Å². The minimum atomic E-state index is -4.13. The van der Waals surface area contributed by atoms with E-state index in [9.17, 15) is 27.6 Å². The first-order chi connectivity index (χ1) is 27.0. The topological polar surface area (TPSA) is 173 Å². The van der Waals surface area contributed by atoms with Gasteiger partial charge in [0.25, 0.3) is 11.8 Å². The lowest BCUT2D eigenvalue weighted by Gasteiger charge is -2.38. The highest BCUT2D eigenvalue weighted by molar-refractivity contribution is 7.91. The van der Waals surface area contributed by atoms with E-state index in [0.29, 0.717) is 56.9 Å². The number of para-hydroxylation sites is 1. The van der Waals surface area contributed by atoms with Gasteiger partial charge in [0.15, 0.2) is 11.3 Å². The molecule has 2 aromatic rings. The highest BCUT2D eigenvalue weighted by Gasteiger charge is 2.57. The molecule has 2 saturated carbocycles. The van der Waals surface area contributed by atoms with Gasteiger partial charge in [-0.2, -0.15) is 0 Å². The number of hydrogen-bond donors (Lipinski definition) is 3. The molecule has 13 nitrogen and oxygen atoms in total. The Labute approximate surface area is 331 Å². The molecule has 1 saturated heterocycles. The minimum Gasteiger partial charge on any atom is -0.486 e. The van der Waals surface area contributed by atoms with E-state index in [-0.39, 0.29) is 47.9 Å². The number of halogens is 2. The summed E-state index contributed by atoms with van der Waals surface area (Å²) in [6, 6.07) is 4.01. The maximum absolute atomic E-state index is 15.4. The molecule has 0 spiro atoms. The predicted octanol–water partition coefficient (Wildman–Crippen LogP) is 5.05. The van der Waals surface area contributed by atoms with Gasteiger partial charge in [-0.25, -0.2) is 31.7 Å². The van der Waals surface area contributed by atoms with Gasteiger partial charge in [0.1, 0.15) is 24.3 Å². The summed E-state index contributed by atoms with van der Waals surface area (Å²) in [6.07, 6.45) is 8.04. The van der Waals surface area contributed by atoms with Gasteiger partial charge in [0.05, 0.1) is 34.0 Å². The number of fused-ring (bicyclic) bond motifs is 3. The molecule has 1 aromatic carbocycles. The number of amides is 4. The van der Waals surface area contributed by atoms with Gasteiger partial charge < -0.3 is 25.0 Å². The second-order valence-electron chi connectivity index (χ2n) is 16.3. The zero-order chi connectivity index (χ0) is 40.8. The minimum absolute atomic E-state index is 0.179. The molecule has 0 radical (unpaired) electrons. The first-order valence-corrected chi connectivity index (χ1v) is 21.3. The maximum atomic E-state index is 15.4. The molecule has 1 aromatic heterocycles. The van der Waals surface area contributed by atoms with Gasteiger partial charge in [0, 0.05) is 18.7 Å². The van der Waals surface area contributed by atoms with Crippen molar-refractivity contribution in [3.63, 3.8) is 0 Å². The molecule has 306 valence electrons. The number of carbonyl (C=O) groups is 4. The third kappa shape index (κ3) is 8.17. The largest absolute Gasteiger partial charge is 0.486 e. The van der Waals surface area contributed by atoms with Crippen molar-refractivity contribution in [3.05, 3.63) is 47.7 Å². The number of allylic oxidation sites excluding steroid dienone is 1. The zero-order valence-corrected chi connectivity index (χ0v) is 33.2. The molecule has 0 bridgehead atoms. The third-order valence-electron chi connectivity index (χ3n) is 11.8. The fourth-order valence-electron chi connectivity index (χ4n) is 8.15. The van der Waals surface area contributed by atoms with Crippen molar-refractivity contribution in [3.8, 4) is 17.6 Å². The molecule has 5 unspecified atom stereocenters. The van der Waals surface area contributed by atoms with Crippen LogP contribution in [0.5, 0.6) is 5.75 Å². The molecule has 4 amide bonds. The van der Waals surface area contributed by atoms with E-state index in [0.717, 1.165) is 19.8 Å². The lowest BCUT2D eigenvalue weighted by atomic mass is 9.75. The Morgan fingerprint density at radius 2 is 1.77 bits per heavy atom. The number of nitrogens with one attached hydrogen (secondary N) is 3. The van der Waals surface area contributed by atoms with Gasteiger partial charge >= 0.3 is 6.09 Å². The van der Waals surface area contributed by atoms with Crippen LogP contribution in [-0.2, 0) is 35.1 Å². The van der Waals surface area contributed by atoms with E-state index in [1.54, 1.807) is 31.2 Å². The van der Waals surface area contributed by atoms with Crippen LogP contribution in [0.25, 0.3) is 10.9 Å². The first-order valence-electron chi connectivity index (χ1n) is 19.8. The number of ether oxygens (including phenoxy) is 2. The molecule has 3 aliphatic carbocycles. The molecular formula is C41H49F2N5O8S. The molecule has 2 aliphatic heterocycles. The lowest BCUT2D eigenvalue weighted by molar-refractivity contribution is -0.141. The summed E-state index contributed by atoms with van der Waals surface area (Å²) in [5.74, 6) is -1.29. The highest BCUT2D eigenvalue weighted by atomic mass is 32.2. The number of nitrogens with zero attached hydrogens (tertiary/aromatic N) is 2. The number of hydrogen-bond acceptors (Lipinski definition) is 9. The molecule has 7 rings (SSSR count). The number of alkyl carbamates (subject to hydrolysis) is 1. The molecule has 3 heterocycles. The normalized spacial score (nSPS) is 27.7. The van der Waals surface area contributed by atoms with Crippen LogP contribution >= 0.6 is 0 Å². The van der Waals surface area contributed by atoms with Gasteiger partial charge in [-0.3, -0.25) is 14.4 Å². The molecule has 3 fully saturated rings. The Balaban J connectivity index is 1.23. The molecule has 3 N–H and O–H groups in total. The summed E-state index contributed by atoms with van der Waals surface area (Å²) in [6.45, 7) is 3.59. The fraction of sp³-hybridized carbons (Fsp3) is 0.585. The van der Waals surface area contributed by atoms with E-state index >= 15 is 8.78 Å². The Bertz CT molecular complexity index is 2150. The van der Waals surface area contributed by atoms with E-state index in [1.807, 2.05) is 6.08 Å². The van der Waals surface area contributed by atoms with Crippen molar-refractivity contribution in [2.75, 3.05) is 6.54 Å². The molecule has 5 atom stereocenters. The summed E-state index contributed by atoms with van der Waals surface area (Å²) in [4.78, 5) is 62.1. The second kappa shape index (κ2) is 15.5. The Morgan fingerprint density at radius 1 is 1.05 bits per heavy atom. The summed E-state index contributed by atoms with van der Waals surface area (Å²) in [5, 5.41) is 5.63. The number of aryl methyl sites for hydroxylation is 1. The van der Waals surface area contributed by atoms with Crippen molar-refractivity contribution in [1.82, 2.24) is 25.2 Å². The maximum Gasteiger partial charge on any atom is 0.408 e. The van der Waals surface area contributed by atoms with Crippen molar-refractivity contribution in [2.24, 2.45) is 5.92 Å².